The van der Waals surface area contributed by atoms with Crippen molar-refractivity contribution in [2.24, 2.45) is 0 Å². The van der Waals surface area contributed by atoms with Crippen molar-refractivity contribution in [2.45, 2.75) is 25.7 Å². The van der Waals surface area contributed by atoms with Crippen LogP contribution in [0.25, 0.3) is 10.9 Å². The molecule has 1 fully saturated rings. The summed E-state index contributed by atoms with van der Waals surface area (Å²) in [7, 11) is 0. The molecule has 0 saturated carbocycles. The fourth-order valence-corrected chi connectivity index (χ4v) is 4.10. The Labute approximate surface area is 164 Å². The molecular weight excluding hydrogens is 360 g/mol. The number of aromatic nitrogens is 1. The number of benzene rings is 2. The summed E-state index contributed by atoms with van der Waals surface area (Å²) in [6.07, 6.45) is 4.08. The number of piperidine rings is 1. The summed E-state index contributed by atoms with van der Waals surface area (Å²) in [6.45, 7) is 3.54. The predicted octanol–water partition coefficient (Wildman–Crippen LogP) is 4.91. The first-order valence-electron chi connectivity index (χ1n) is 9.34. The molecule has 1 aliphatic heterocycles. The highest BCUT2D eigenvalue weighted by Crippen LogP contribution is 2.33. The van der Waals surface area contributed by atoms with E-state index in [1.165, 1.54) is 16.5 Å². The summed E-state index contributed by atoms with van der Waals surface area (Å²) in [5.74, 6) is 1.24. The average Bonchev–Trinajstić information content (AvgIpc) is 3.11. The Morgan fingerprint density at radius 3 is 2.78 bits per heavy atom. The molecule has 0 atom stereocenters. The van der Waals surface area contributed by atoms with Gasteiger partial charge in [0.1, 0.15) is 5.75 Å². The number of hydrogen-bond donors (Lipinski definition) is 1. The zero-order valence-electron chi connectivity index (χ0n) is 15.4. The van der Waals surface area contributed by atoms with Gasteiger partial charge in [0.25, 0.3) is 5.91 Å². The average molecular weight is 383 g/mol. The van der Waals surface area contributed by atoms with Crippen LogP contribution in [0, 0.1) is 6.92 Å². The second-order valence-electron chi connectivity index (χ2n) is 7.14. The number of rotatable bonds is 4. The van der Waals surface area contributed by atoms with Gasteiger partial charge < -0.3 is 14.6 Å². The molecule has 1 aliphatic rings. The number of amides is 1. The third kappa shape index (κ3) is 3.81. The van der Waals surface area contributed by atoms with E-state index in [9.17, 15) is 4.79 Å². The highest BCUT2D eigenvalue weighted by atomic mass is 35.5. The van der Waals surface area contributed by atoms with Crippen LogP contribution in [-0.2, 0) is 4.79 Å². The molecule has 0 bridgehead atoms. The second kappa shape index (κ2) is 7.65. The van der Waals surface area contributed by atoms with E-state index in [2.05, 4.69) is 29.4 Å². The molecular formula is C22H23ClN2O2. The zero-order chi connectivity index (χ0) is 18.8. The van der Waals surface area contributed by atoms with Crippen LogP contribution < -0.4 is 4.74 Å². The van der Waals surface area contributed by atoms with E-state index in [1.54, 1.807) is 6.07 Å². The van der Waals surface area contributed by atoms with Gasteiger partial charge >= 0.3 is 0 Å². The number of H-pyrrole nitrogens is 1. The van der Waals surface area contributed by atoms with Gasteiger partial charge in [-0.05, 0) is 61.1 Å². The van der Waals surface area contributed by atoms with E-state index < -0.39 is 0 Å². The molecule has 4 nitrogen and oxygen atoms in total. The Hall–Kier alpha value is -2.46. The molecule has 0 radical (unpaired) electrons. The molecule has 3 aromatic rings. The van der Waals surface area contributed by atoms with Crippen molar-refractivity contribution < 1.29 is 9.53 Å². The molecule has 2 aromatic carbocycles. The van der Waals surface area contributed by atoms with Gasteiger partial charge in [0.05, 0.1) is 0 Å². The molecule has 0 unspecified atom stereocenters. The first-order chi connectivity index (χ1) is 13.1. The molecule has 5 heteroatoms. The number of ether oxygens (including phenoxy) is 1. The standard InChI is InChI=1S/C22H23ClN2O2/c1-15-12-17(23)6-7-21(15)27-14-22(26)25-10-8-16(9-11-25)19-13-24-20-5-3-2-4-18(19)20/h2-7,12-13,16,24H,8-11,14H2,1H3. The maximum absolute atomic E-state index is 12.5. The van der Waals surface area contributed by atoms with Gasteiger partial charge in [0.2, 0.25) is 0 Å². The number of halogens is 1. The van der Waals surface area contributed by atoms with Crippen LogP contribution >= 0.6 is 11.6 Å². The normalized spacial score (nSPS) is 15.3. The molecule has 2 heterocycles. The highest BCUT2D eigenvalue weighted by molar-refractivity contribution is 6.30. The minimum atomic E-state index is 0.0433. The third-order valence-corrected chi connectivity index (χ3v) is 5.63. The molecule has 140 valence electrons. The molecule has 27 heavy (non-hydrogen) atoms. The van der Waals surface area contributed by atoms with Crippen LogP contribution in [0.15, 0.2) is 48.7 Å². The van der Waals surface area contributed by atoms with Crippen LogP contribution in [0.3, 0.4) is 0 Å². The van der Waals surface area contributed by atoms with Crippen molar-refractivity contribution >= 4 is 28.4 Å². The summed E-state index contributed by atoms with van der Waals surface area (Å²) >= 11 is 5.96. The first kappa shape index (κ1) is 17.9. The van der Waals surface area contributed by atoms with Gasteiger partial charge in [-0.2, -0.15) is 0 Å². The summed E-state index contributed by atoms with van der Waals surface area (Å²) < 4.78 is 5.71. The van der Waals surface area contributed by atoms with E-state index in [1.807, 2.05) is 30.0 Å². The lowest BCUT2D eigenvalue weighted by Crippen LogP contribution is -2.40. The number of para-hydroxylation sites is 1. The molecule has 1 aromatic heterocycles. The van der Waals surface area contributed by atoms with Crippen LogP contribution in [0.4, 0.5) is 0 Å². The maximum atomic E-state index is 12.5. The molecule has 1 N–H and O–H groups in total. The number of likely N-dealkylation sites (tertiary alicyclic amines) is 1. The summed E-state index contributed by atoms with van der Waals surface area (Å²) in [5, 5.41) is 1.97. The number of fused-ring (bicyclic) bond motifs is 1. The van der Waals surface area contributed by atoms with Crippen LogP contribution in [0.5, 0.6) is 5.75 Å². The number of nitrogens with one attached hydrogen (secondary N) is 1. The SMILES string of the molecule is Cc1cc(Cl)ccc1OCC(=O)N1CCC(c2c[nH]c3ccccc23)CC1. The summed E-state index contributed by atoms with van der Waals surface area (Å²) in [6, 6.07) is 13.8. The van der Waals surface area contributed by atoms with Gasteiger partial charge in [-0.1, -0.05) is 29.8 Å². The number of carbonyl (C=O) groups is 1. The topological polar surface area (TPSA) is 45.3 Å². The minimum Gasteiger partial charge on any atom is -0.483 e. The smallest absolute Gasteiger partial charge is 0.260 e. The van der Waals surface area contributed by atoms with Crippen molar-refractivity contribution in [1.82, 2.24) is 9.88 Å². The number of hydrogen-bond acceptors (Lipinski definition) is 2. The molecule has 4 rings (SSSR count). The fourth-order valence-electron chi connectivity index (χ4n) is 3.88. The van der Waals surface area contributed by atoms with Crippen molar-refractivity contribution in [1.29, 1.82) is 0 Å². The van der Waals surface area contributed by atoms with Crippen molar-refractivity contribution in [3.8, 4) is 5.75 Å². The lowest BCUT2D eigenvalue weighted by molar-refractivity contribution is -0.134. The van der Waals surface area contributed by atoms with E-state index in [-0.39, 0.29) is 12.5 Å². The molecule has 1 saturated heterocycles. The first-order valence-corrected chi connectivity index (χ1v) is 9.72. The number of aromatic amines is 1. The van der Waals surface area contributed by atoms with E-state index in [4.69, 9.17) is 16.3 Å². The Morgan fingerprint density at radius 1 is 1.22 bits per heavy atom. The zero-order valence-corrected chi connectivity index (χ0v) is 16.1. The summed E-state index contributed by atoms with van der Waals surface area (Å²) in [5.41, 5.74) is 3.48. The molecule has 0 spiro atoms. The van der Waals surface area contributed by atoms with Gasteiger partial charge in [0.15, 0.2) is 6.61 Å². The Bertz CT molecular complexity index is 958. The van der Waals surface area contributed by atoms with Gasteiger partial charge in [0, 0.05) is 35.2 Å². The second-order valence-corrected chi connectivity index (χ2v) is 7.58. The minimum absolute atomic E-state index is 0.0433. The van der Waals surface area contributed by atoms with Crippen molar-refractivity contribution in [3.63, 3.8) is 0 Å². The Morgan fingerprint density at radius 2 is 2.00 bits per heavy atom. The Kier molecular flexibility index (Phi) is 5.08. The lowest BCUT2D eigenvalue weighted by atomic mass is 9.89. The van der Waals surface area contributed by atoms with Crippen molar-refractivity contribution in [3.05, 3.63) is 64.8 Å². The van der Waals surface area contributed by atoms with Crippen LogP contribution in [-0.4, -0.2) is 35.5 Å². The monoisotopic (exact) mass is 382 g/mol. The molecule has 1 amide bonds. The van der Waals surface area contributed by atoms with E-state index in [0.29, 0.717) is 16.7 Å². The van der Waals surface area contributed by atoms with Crippen molar-refractivity contribution in [2.75, 3.05) is 19.7 Å². The quantitative estimate of drug-likeness (QED) is 0.696. The lowest BCUT2D eigenvalue weighted by Gasteiger charge is -2.32. The van der Waals surface area contributed by atoms with Crippen LogP contribution in [0.1, 0.15) is 29.9 Å². The van der Waals surface area contributed by atoms with Gasteiger partial charge in [-0.3, -0.25) is 4.79 Å². The number of aryl methyl sites for hydroxylation is 1. The fraction of sp³-hybridized carbons (Fsp3) is 0.318. The summed E-state index contributed by atoms with van der Waals surface area (Å²) in [4.78, 5) is 17.8. The number of carbonyl (C=O) groups excluding carboxylic acids is 1. The third-order valence-electron chi connectivity index (χ3n) is 5.40. The van der Waals surface area contributed by atoms with Crippen LogP contribution in [0.2, 0.25) is 5.02 Å². The highest BCUT2D eigenvalue weighted by Gasteiger charge is 2.25. The van der Waals surface area contributed by atoms with Gasteiger partial charge in [-0.15, -0.1) is 0 Å². The Balaban J connectivity index is 1.34. The maximum Gasteiger partial charge on any atom is 0.260 e. The van der Waals surface area contributed by atoms with E-state index >= 15 is 0 Å². The molecule has 0 aliphatic carbocycles. The van der Waals surface area contributed by atoms with E-state index in [0.717, 1.165) is 31.5 Å². The largest absolute Gasteiger partial charge is 0.483 e. The predicted molar refractivity (Wildman–Crippen MR) is 109 cm³/mol. The van der Waals surface area contributed by atoms with Gasteiger partial charge in [-0.25, -0.2) is 0 Å². The number of nitrogens with zero attached hydrogens (tertiary/aromatic N) is 1.